The first-order chi connectivity index (χ1) is 8.72. The summed E-state index contributed by atoms with van der Waals surface area (Å²) in [7, 11) is 0. The fraction of sp³-hybridized carbons (Fsp3) is 0.357. The molecule has 0 aliphatic rings. The quantitative estimate of drug-likeness (QED) is 0.881. The van der Waals surface area contributed by atoms with Gasteiger partial charge in [0.25, 0.3) is 0 Å². The summed E-state index contributed by atoms with van der Waals surface area (Å²) in [5, 5.41) is 4.25. The zero-order valence-corrected chi connectivity index (χ0v) is 10.5. The molecule has 0 spiro atoms. The summed E-state index contributed by atoms with van der Waals surface area (Å²) in [5.41, 5.74) is 8.04. The van der Waals surface area contributed by atoms with Crippen LogP contribution in [0.2, 0.25) is 0 Å². The van der Waals surface area contributed by atoms with Crippen LogP contribution in [0.4, 0.5) is 4.39 Å². The highest BCUT2D eigenvalue weighted by molar-refractivity contribution is 5.23. The van der Waals surface area contributed by atoms with Crippen molar-refractivity contribution in [2.45, 2.75) is 25.8 Å². The lowest BCUT2D eigenvalue weighted by Crippen LogP contribution is -2.14. The number of hydrogen-bond acceptors (Lipinski definition) is 2. The molecule has 0 saturated carbocycles. The molecule has 0 radical (unpaired) electrons. The molecule has 2 rings (SSSR count). The van der Waals surface area contributed by atoms with E-state index in [1.54, 1.807) is 12.1 Å². The number of halogens is 1. The highest BCUT2D eigenvalue weighted by Gasteiger charge is 2.12. The summed E-state index contributed by atoms with van der Waals surface area (Å²) < 4.78 is 14.8. The van der Waals surface area contributed by atoms with E-state index >= 15 is 0 Å². The van der Waals surface area contributed by atoms with Crippen molar-refractivity contribution in [2.24, 2.45) is 5.73 Å². The van der Waals surface area contributed by atoms with Crippen molar-refractivity contribution in [2.75, 3.05) is 6.54 Å². The normalized spacial score (nSPS) is 12.6. The predicted octanol–water partition coefficient (Wildman–Crippen LogP) is 2.33. The number of rotatable bonds is 5. The van der Waals surface area contributed by atoms with Crippen LogP contribution in [0.15, 0.2) is 36.7 Å². The van der Waals surface area contributed by atoms with Crippen LogP contribution >= 0.6 is 0 Å². The SMILES string of the molecule is CCn1cc(CC(CN)c2ccc(F)cc2)cn1. The Morgan fingerprint density at radius 2 is 2.06 bits per heavy atom. The average molecular weight is 247 g/mol. The van der Waals surface area contributed by atoms with E-state index in [9.17, 15) is 4.39 Å². The Bertz CT molecular complexity index is 490. The van der Waals surface area contributed by atoms with Gasteiger partial charge in [-0.3, -0.25) is 4.68 Å². The highest BCUT2D eigenvalue weighted by Crippen LogP contribution is 2.20. The van der Waals surface area contributed by atoms with E-state index in [0.717, 1.165) is 24.1 Å². The van der Waals surface area contributed by atoms with Gasteiger partial charge in [0, 0.05) is 18.7 Å². The van der Waals surface area contributed by atoms with Gasteiger partial charge in [0.1, 0.15) is 5.82 Å². The smallest absolute Gasteiger partial charge is 0.123 e. The third-order valence-electron chi connectivity index (χ3n) is 3.12. The second kappa shape index (κ2) is 5.78. The Labute approximate surface area is 106 Å². The van der Waals surface area contributed by atoms with Gasteiger partial charge in [-0.1, -0.05) is 12.1 Å². The Hall–Kier alpha value is -1.68. The van der Waals surface area contributed by atoms with Gasteiger partial charge in [0.05, 0.1) is 6.20 Å². The van der Waals surface area contributed by atoms with Gasteiger partial charge in [0.15, 0.2) is 0 Å². The minimum Gasteiger partial charge on any atom is -0.330 e. The minimum atomic E-state index is -0.215. The van der Waals surface area contributed by atoms with E-state index in [0.29, 0.717) is 6.54 Å². The number of benzene rings is 1. The molecule has 1 unspecified atom stereocenters. The van der Waals surface area contributed by atoms with Crippen LogP contribution in [-0.4, -0.2) is 16.3 Å². The summed E-state index contributed by atoms with van der Waals surface area (Å²) in [5.74, 6) is -0.00608. The molecular formula is C14H18FN3. The molecule has 0 bridgehead atoms. The zero-order chi connectivity index (χ0) is 13.0. The molecule has 0 amide bonds. The van der Waals surface area contributed by atoms with E-state index in [4.69, 9.17) is 5.73 Å². The molecule has 96 valence electrons. The lowest BCUT2D eigenvalue weighted by atomic mass is 9.93. The number of hydrogen-bond donors (Lipinski definition) is 1. The molecule has 2 N–H and O–H groups in total. The fourth-order valence-corrected chi connectivity index (χ4v) is 2.04. The van der Waals surface area contributed by atoms with Gasteiger partial charge < -0.3 is 5.73 Å². The van der Waals surface area contributed by atoms with Crippen molar-refractivity contribution < 1.29 is 4.39 Å². The molecule has 3 nitrogen and oxygen atoms in total. The van der Waals surface area contributed by atoms with E-state index in [1.807, 2.05) is 17.1 Å². The maximum Gasteiger partial charge on any atom is 0.123 e. The minimum absolute atomic E-state index is 0.208. The van der Waals surface area contributed by atoms with Crippen LogP contribution in [0, 0.1) is 5.82 Å². The molecule has 1 aromatic heterocycles. The monoisotopic (exact) mass is 247 g/mol. The second-order valence-electron chi connectivity index (χ2n) is 4.39. The third kappa shape index (κ3) is 2.96. The summed E-state index contributed by atoms with van der Waals surface area (Å²) in [4.78, 5) is 0. The van der Waals surface area contributed by atoms with Gasteiger partial charge in [-0.25, -0.2) is 4.39 Å². The molecule has 18 heavy (non-hydrogen) atoms. The van der Waals surface area contributed by atoms with E-state index < -0.39 is 0 Å². The van der Waals surface area contributed by atoms with Crippen LogP contribution in [-0.2, 0) is 13.0 Å². The number of aryl methyl sites for hydroxylation is 1. The number of nitrogens with zero attached hydrogens (tertiary/aromatic N) is 2. The molecule has 2 aromatic rings. The van der Waals surface area contributed by atoms with Gasteiger partial charge >= 0.3 is 0 Å². The molecule has 0 fully saturated rings. The summed E-state index contributed by atoms with van der Waals surface area (Å²) >= 11 is 0. The zero-order valence-electron chi connectivity index (χ0n) is 10.5. The average Bonchev–Trinajstić information content (AvgIpc) is 2.85. The standard InChI is InChI=1S/C14H18FN3/c1-2-18-10-11(9-17-18)7-13(8-16)12-3-5-14(15)6-4-12/h3-6,9-10,13H,2,7-8,16H2,1H3. The van der Waals surface area contributed by atoms with Crippen LogP contribution < -0.4 is 5.73 Å². The summed E-state index contributed by atoms with van der Waals surface area (Å²) in [6.07, 6.45) is 4.74. The van der Waals surface area contributed by atoms with Crippen LogP contribution in [0.3, 0.4) is 0 Å². The van der Waals surface area contributed by atoms with E-state index in [-0.39, 0.29) is 11.7 Å². The summed E-state index contributed by atoms with van der Waals surface area (Å²) in [6, 6.07) is 6.56. The molecule has 1 atom stereocenters. The van der Waals surface area contributed by atoms with Crippen molar-refractivity contribution in [3.63, 3.8) is 0 Å². The Kier molecular flexibility index (Phi) is 4.10. The number of aromatic nitrogens is 2. The molecule has 4 heteroatoms. The number of nitrogens with two attached hydrogens (primary N) is 1. The largest absolute Gasteiger partial charge is 0.330 e. The highest BCUT2D eigenvalue weighted by atomic mass is 19.1. The molecule has 0 aliphatic carbocycles. The Morgan fingerprint density at radius 3 is 2.61 bits per heavy atom. The van der Waals surface area contributed by atoms with Crippen LogP contribution in [0.5, 0.6) is 0 Å². The van der Waals surface area contributed by atoms with Crippen LogP contribution in [0.1, 0.15) is 24.0 Å². The van der Waals surface area contributed by atoms with Crippen molar-refractivity contribution in [1.82, 2.24) is 9.78 Å². The Balaban J connectivity index is 2.11. The lowest BCUT2D eigenvalue weighted by molar-refractivity contribution is 0.623. The fourth-order valence-electron chi connectivity index (χ4n) is 2.04. The van der Waals surface area contributed by atoms with Crippen molar-refractivity contribution in [1.29, 1.82) is 0 Å². The topological polar surface area (TPSA) is 43.8 Å². The third-order valence-corrected chi connectivity index (χ3v) is 3.12. The molecule has 1 aromatic carbocycles. The lowest BCUT2D eigenvalue weighted by Gasteiger charge is -2.14. The summed E-state index contributed by atoms with van der Waals surface area (Å²) in [6.45, 7) is 3.46. The van der Waals surface area contributed by atoms with Crippen molar-refractivity contribution in [3.8, 4) is 0 Å². The van der Waals surface area contributed by atoms with Gasteiger partial charge in [-0.2, -0.15) is 5.10 Å². The second-order valence-corrected chi connectivity index (χ2v) is 4.39. The molecule has 1 heterocycles. The maximum atomic E-state index is 12.9. The van der Waals surface area contributed by atoms with E-state index in [2.05, 4.69) is 12.0 Å². The van der Waals surface area contributed by atoms with Crippen molar-refractivity contribution in [3.05, 3.63) is 53.6 Å². The van der Waals surface area contributed by atoms with Crippen LogP contribution in [0.25, 0.3) is 0 Å². The Morgan fingerprint density at radius 1 is 1.33 bits per heavy atom. The van der Waals surface area contributed by atoms with Gasteiger partial charge in [-0.15, -0.1) is 0 Å². The molecular weight excluding hydrogens is 229 g/mol. The molecule has 0 aliphatic heterocycles. The first-order valence-electron chi connectivity index (χ1n) is 6.19. The van der Waals surface area contributed by atoms with E-state index in [1.165, 1.54) is 12.1 Å². The first-order valence-corrected chi connectivity index (χ1v) is 6.19. The van der Waals surface area contributed by atoms with Gasteiger partial charge in [-0.05, 0) is 43.1 Å². The first kappa shape index (κ1) is 12.8. The van der Waals surface area contributed by atoms with Gasteiger partial charge in [0.2, 0.25) is 0 Å². The molecule has 0 saturated heterocycles. The maximum absolute atomic E-state index is 12.9. The van der Waals surface area contributed by atoms with Crippen molar-refractivity contribution >= 4 is 0 Å². The predicted molar refractivity (Wildman–Crippen MR) is 69.8 cm³/mol.